The lowest BCUT2D eigenvalue weighted by Gasteiger charge is -2.27. The van der Waals surface area contributed by atoms with Crippen LogP contribution in [0.2, 0.25) is 0 Å². The Morgan fingerprint density at radius 3 is 2.58 bits per heavy atom. The molecule has 2 aromatic carbocycles. The fourth-order valence-electron chi connectivity index (χ4n) is 3.72. The molecule has 0 saturated carbocycles. The molecule has 3 nitrogen and oxygen atoms in total. The summed E-state index contributed by atoms with van der Waals surface area (Å²) in [5.74, 6) is 1.40. The first kappa shape index (κ1) is 17.6. The van der Waals surface area contributed by atoms with Crippen LogP contribution in [0.25, 0.3) is 5.57 Å². The van der Waals surface area contributed by atoms with Crippen molar-refractivity contribution in [1.82, 2.24) is 4.90 Å². The van der Waals surface area contributed by atoms with Gasteiger partial charge in [-0.15, -0.1) is 0 Å². The van der Waals surface area contributed by atoms with Gasteiger partial charge in [-0.3, -0.25) is 4.90 Å². The van der Waals surface area contributed by atoms with Gasteiger partial charge in [0, 0.05) is 12.1 Å². The molecule has 2 aliphatic heterocycles. The predicted molar refractivity (Wildman–Crippen MR) is 104 cm³/mol. The van der Waals surface area contributed by atoms with Gasteiger partial charge in [-0.2, -0.15) is 0 Å². The van der Waals surface area contributed by atoms with E-state index in [0.29, 0.717) is 12.1 Å². The minimum Gasteiger partial charge on any atom is -0.489 e. The van der Waals surface area contributed by atoms with Crippen LogP contribution in [-0.4, -0.2) is 36.7 Å². The van der Waals surface area contributed by atoms with Crippen LogP contribution < -0.4 is 9.47 Å². The SMILES string of the molecule is Fc1ccc(C2=C(CN3CCCC3)COc3ccc(OCBr)cc32)cc1. The van der Waals surface area contributed by atoms with E-state index in [1.165, 1.54) is 30.5 Å². The molecular weight excluding hydrogens is 397 g/mol. The number of hydrogen-bond acceptors (Lipinski definition) is 3. The number of rotatable bonds is 5. The summed E-state index contributed by atoms with van der Waals surface area (Å²) in [5, 5.41) is 0. The molecule has 0 radical (unpaired) electrons. The van der Waals surface area contributed by atoms with E-state index >= 15 is 0 Å². The molecule has 2 heterocycles. The number of ether oxygens (including phenoxy) is 2. The Kier molecular flexibility index (Phi) is 5.27. The largest absolute Gasteiger partial charge is 0.489 e. The fourth-order valence-corrected chi connectivity index (χ4v) is 3.99. The van der Waals surface area contributed by atoms with Crippen LogP contribution in [0.4, 0.5) is 4.39 Å². The Bertz CT molecular complexity index is 813. The molecule has 136 valence electrons. The predicted octanol–water partition coefficient (Wildman–Crippen LogP) is 4.85. The third kappa shape index (κ3) is 3.64. The summed E-state index contributed by atoms with van der Waals surface area (Å²) in [4.78, 5) is 2.46. The van der Waals surface area contributed by atoms with Gasteiger partial charge in [0.1, 0.15) is 29.4 Å². The molecule has 0 N–H and O–H groups in total. The van der Waals surface area contributed by atoms with E-state index in [0.717, 1.165) is 47.8 Å². The lowest BCUT2D eigenvalue weighted by molar-refractivity contribution is 0.308. The highest BCUT2D eigenvalue weighted by molar-refractivity contribution is 9.09. The topological polar surface area (TPSA) is 21.7 Å². The molecule has 0 amide bonds. The molecule has 2 aromatic rings. The molecule has 4 rings (SSSR count). The molecule has 5 heteroatoms. The van der Waals surface area contributed by atoms with Gasteiger partial charge in [-0.25, -0.2) is 4.39 Å². The maximum atomic E-state index is 13.5. The first-order chi connectivity index (χ1) is 12.7. The highest BCUT2D eigenvalue weighted by Gasteiger charge is 2.24. The number of likely N-dealkylation sites (tertiary alicyclic amines) is 1. The Hall–Kier alpha value is -1.85. The van der Waals surface area contributed by atoms with Crippen LogP contribution in [-0.2, 0) is 0 Å². The number of benzene rings is 2. The zero-order valence-electron chi connectivity index (χ0n) is 14.5. The van der Waals surface area contributed by atoms with Gasteiger partial charge >= 0.3 is 0 Å². The van der Waals surface area contributed by atoms with Gasteiger partial charge in [0.05, 0.1) is 0 Å². The average molecular weight is 418 g/mol. The van der Waals surface area contributed by atoms with E-state index in [9.17, 15) is 4.39 Å². The first-order valence-electron chi connectivity index (χ1n) is 8.91. The van der Waals surface area contributed by atoms with Gasteiger partial charge in [-0.05, 0) is 88.9 Å². The van der Waals surface area contributed by atoms with Crippen LogP contribution in [0.5, 0.6) is 11.5 Å². The molecule has 0 spiro atoms. The second-order valence-corrected chi connectivity index (χ2v) is 7.13. The lowest BCUT2D eigenvalue weighted by atomic mass is 9.90. The van der Waals surface area contributed by atoms with Crippen LogP contribution in [0.1, 0.15) is 24.0 Å². The van der Waals surface area contributed by atoms with Crippen molar-refractivity contribution < 1.29 is 13.9 Å². The summed E-state index contributed by atoms with van der Waals surface area (Å²) in [5.41, 5.74) is 4.83. The minimum absolute atomic E-state index is 0.223. The number of fused-ring (bicyclic) bond motifs is 1. The van der Waals surface area contributed by atoms with Crippen LogP contribution in [0, 0.1) is 5.82 Å². The molecule has 1 saturated heterocycles. The second-order valence-electron chi connectivity index (χ2n) is 6.67. The van der Waals surface area contributed by atoms with Crippen molar-refractivity contribution in [2.75, 3.05) is 31.8 Å². The van der Waals surface area contributed by atoms with E-state index in [4.69, 9.17) is 9.47 Å². The number of halogens is 2. The molecule has 0 aromatic heterocycles. The molecule has 0 unspecified atom stereocenters. The van der Waals surface area contributed by atoms with Gasteiger partial charge in [0.15, 0.2) is 0 Å². The van der Waals surface area contributed by atoms with Crippen LogP contribution in [0.15, 0.2) is 48.0 Å². The Labute approximate surface area is 161 Å². The Morgan fingerprint density at radius 2 is 1.85 bits per heavy atom. The normalized spacial score (nSPS) is 17.2. The maximum absolute atomic E-state index is 13.5. The molecule has 1 fully saturated rings. The van der Waals surface area contributed by atoms with Gasteiger partial charge < -0.3 is 9.47 Å². The third-order valence-electron chi connectivity index (χ3n) is 4.94. The zero-order valence-corrected chi connectivity index (χ0v) is 16.1. The Morgan fingerprint density at radius 1 is 1.08 bits per heavy atom. The summed E-state index contributed by atoms with van der Waals surface area (Å²) in [6.45, 7) is 3.70. The molecule has 0 aliphatic carbocycles. The van der Waals surface area contributed by atoms with Gasteiger partial charge in [-0.1, -0.05) is 12.1 Å². The Balaban J connectivity index is 1.80. The van der Waals surface area contributed by atoms with E-state index in [-0.39, 0.29) is 5.82 Å². The van der Waals surface area contributed by atoms with E-state index in [1.807, 2.05) is 30.3 Å². The summed E-state index contributed by atoms with van der Waals surface area (Å²) in [6, 6.07) is 12.6. The molecule has 0 bridgehead atoms. The van der Waals surface area contributed by atoms with E-state index < -0.39 is 0 Å². The van der Waals surface area contributed by atoms with Crippen molar-refractivity contribution in [2.45, 2.75) is 12.8 Å². The van der Waals surface area contributed by atoms with Crippen molar-refractivity contribution in [2.24, 2.45) is 0 Å². The smallest absolute Gasteiger partial charge is 0.143 e. The summed E-state index contributed by atoms with van der Waals surface area (Å²) in [6.07, 6.45) is 2.50. The standard InChI is InChI=1S/C21H21BrFNO2/c22-14-26-18-7-8-20-19(11-18)21(15-3-5-17(23)6-4-15)16(13-25-20)12-24-9-1-2-10-24/h3-8,11H,1-2,9-10,12-14H2. The van der Waals surface area contributed by atoms with Crippen LogP contribution in [0.3, 0.4) is 0 Å². The highest BCUT2D eigenvalue weighted by Crippen LogP contribution is 2.40. The van der Waals surface area contributed by atoms with E-state index in [1.54, 1.807) is 0 Å². The highest BCUT2D eigenvalue weighted by atomic mass is 79.9. The minimum atomic E-state index is -0.223. The summed E-state index contributed by atoms with van der Waals surface area (Å²) >= 11 is 3.31. The van der Waals surface area contributed by atoms with Crippen LogP contribution >= 0.6 is 15.9 Å². The molecule has 2 aliphatic rings. The number of hydrogen-bond donors (Lipinski definition) is 0. The van der Waals surface area contributed by atoms with E-state index in [2.05, 4.69) is 20.8 Å². The quantitative estimate of drug-likeness (QED) is 0.649. The second kappa shape index (κ2) is 7.80. The number of alkyl halides is 1. The first-order valence-corrected chi connectivity index (χ1v) is 10.0. The summed E-state index contributed by atoms with van der Waals surface area (Å²) < 4.78 is 25.1. The van der Waals surface area contributed by atoms with Crippen molar-refractivity contribution in [1.29, 1.82) is 0 Å². The molecule has 0 atom stereocenters. The maximum Gasteiger partial charge on any atom is 0.143 e. The molecule has 26 heavy (non-hydrogen) atoms. The monoisotopic (exact) mass is 417 g/mol. The van der Waals surface area contributed by atoms with Gasteiger partial charge in [0.2, 0.25) is 0 Å². The third-order valence-corrected chi connectivity index (χ3v) is 5.17. The average Bonchev–Trinajstić information content (AvgIpc) is 3.16. The lowest BCUT2D eigenvalue weighted by Crippen LogP contribution is -2.26. The number of nitrogens with zero attached hydrogens (tertiary/aromatic N) is 1. The fraction of sp³-hybridized carbons (Fsp3) is 0.333. The van der Waals surface area contributed by atoms with Gasteiger partial charge in [0.25, 0.3) is 0 Å². The van der Waals surface area contributed by atoms with Crippen molar-refractivity contribution >= 4 is 21.5 Å². The van der Waals surface area contributed by atoms with Crippen molar-refractivity contribution in [3.63, 3.8) is 0 Å². The van der Waals surface area contributed by atoms with Crippen molar-refractivity contribution in [3.05, 3.63) is 65.0 Å². The zero-order chi connectivity index (χ0) is 17.9. The summed E-state index contributed by atoms with van der Waals surface area (Å²) in [7, 11) is 0. The van der Waals surface area contributed by atoms with Crippen molar-refractivity contribution in [3.8, 4) is 11.5 Å². The molecular formula is C21H21BrFNO2.